The van der Waals surface area contributed by atoms with Gasteiger partial charge in [-0.05, 0) is 55.5 Å². The Morgan fingerprint density at radius 1 is 0.941 bits per heavy atom. The molecular weight excluding hydrogens is 477 g/mol. The van der Waals surface area contributed by atoms with Gasteiger partial charge in [0.05, 0.1) is 18.0 Å². The summed E-state index contributed by atoms with van der Waals surface area (Å²) in [7, 11) is 0. The van der Waals surface area contributed by atoms with Crippen molar-refractivity contribution in [2.45, 2.75) is 6.92 Å². The maximum atomic E-state index is 13.0. The van der Waals surface area contributed by atoms with E-state index in [-0.39, 0.29) is 16.6 Å². The molecule has 0 atom stereocenters. The van der Waals surface area contributed by atoms with Gasteiger partial charge in [-0.15, -0.1) is 0 Å². The van der Waals surface area contributed by atoms with Crippen LogP contribution in [0.1, 0.15) is 17.3 Å². The topological polar surface area (TPSA) is 87.7 Å². The summed E-state index contributed by atoms with van der Waals surface area (Å²) in [5.41, 5.74) is 1.49. The van der Waals surface area contributed by atoms with Gasteiger partial charge < -0.3 is 15.4 Å². The smallest absolute Gasteiger partial charge is 0.283 e. The molecule has 0 fully saturated rings. The number of hydrogen-bond acceptors (Lipinski definition) is 5. The average molecular weight is 496 g/mol. The molecule has 1 aliphatic rings. The van der Waals surface area contributed by atoms with E-state index in [1.807, 2.05) is 13.0 Å². The van der Waals surface area contributed by atoms with Gasteiger partial charge in [-0.3, -0.25) is 14.4 Å². The summed E-state index contributed by atoms with van der Waals surface area (Å²) in [6.45, 7) is 2.32. The summed E-state index contributed by atoms with van der Waals surface area (Å²) < 4.78 is 5.54. The quantitative estimate of drug-likeness (QED) is 0.426. The van der Waals surface area contributed by atoms with Crippen LogP contribution in [0.5, 0.6) is 5.75 Å². The van der Waals surface area contributed by atoms with Crippen molar-refractivity contribution in [1.82, 2.24) is 0 Å². The van der Waals surface area contributed by atoms with Gasteiger partial charge in [0.15, 0.2) is 0 Å². The zero-order valence-electron chi connectivity index (χ0n) is 18.0. The molecule has 1 aliphatic heterocycles. The highest BCUT2D eigenvalue weighted by Crippen LogP contribution is 2.31. The monoisotopic (exact) mass is 495 g/mol. The van der Waals surface area contributed by atoms with Gasteiger partial charge in [0.1, 0.15) is 16.5 Å². The predicted molar refractivity (Wildman–Crippen MR) is 132 cm³/mol. The lowest BCUT2D eigenvalue weighted by atomic mass is 10.1. The van der Waals surface area contributed by atoms with E-state index in [4.69, 9.17) is 27.9 Å². The molecule has 4 rings (SSSR count). The van der Waals surface area contributed by atoms with Crippen molar-refractivity contribution in [1.29, 1.82) is 0 Å². The zero-order chi connectivity index (χ0) is 24.2. The highest BCUT2D eigenvalue weighted by atomic mass is 35.5. The van der Waals surface area contributed by atoms with E-state index in [0.29, 0.717) is 40.0 Å². The second kappa shape index (κ2) is 9.99. The number of rotatable bonds is 7. The minimum atomic E-state index is -0.669. The van der Waals surface area contributed by atoms with E-state index in [1.165, 1.54) is 6.07 Å². The molecule has 0 aliphatic carbocycles. The third kappa shape index (κ3) is 4.76. The van der Waals surface area contributed by atoms with Crippen LogP contribution < -0.4 is 20.3 Å². The number of halogens is 2. The van der Waals surface area contributed by atoms with Crippen LogP contribution in [0.2, 0.25) is 5.02 Å². The fourth-order valence-corrected chi connectivity index (χ4v) is 3.79. The summed E-state index contributed by atoms with van der Waals surface area (Å²) in [6, 6.07) is 19.9. The molecule has 0 bridgehead atoms. The Bertz CT molecular complexity index is 1320. The molecule has 0 radical (unpaired) electrons. The largest absolute Gasteiger partial charge is 0.492 e. The fraction of sp³-hybridized carbons (Fsp3) is 0.0800. The number of ether oxygens (including phenoxy) is 1. The first kappa shape index (κ1) is 23.4. The molecule has 0 saturated carbocycles. The minimum Gasteiger partial charge on any atom is -0.492 e. The number of nitrogens with zero attached hydrogens (tertiary/aromatic N) is 1. The van der Waals surface area contributed by atoms with Crippen LogP contribution in [-0.4, -0.2) is 24.3 Å². The van der Waals surface area contributed by atoms with E-state index in [2.05, 4.69) is 10.6 Å². The van der Waals surface area contributed by atoms with Gasteiger partial charge in [-0.25, -0.2) is 4.90 Å². The van der Waals surface area contributed by atoms with Crippen molar-refractivity contribution in [2.75, 3.05) is 22.1 Å². The molecule has 3 aromatic carbocycles. The summed E-state index contributed by atoms with van der Waals surface area (Å²) >= 11 is 12.2. The number of hydrogen-bond donors (Lipinski definition) is 2. The van der Waals surface area contributed by atoms with E-state index < -0.39 is 11.8 Å². The number of carbonyl (C=O) groups is 3. The second-order valence-corrected chi connectivity index (χ2v) is 8.02. The molecule has 3 amide bonds. The van der Waals surface area contributed by atoms with Crippen LogP contribution in [0, 0.1) is 0 Å². The Hall–Kier alpha value is -3.81. The molecule has 3 aromatic rings. The lowest BCUT2D eigenvalue weighted by Crippen LogP contribution is -2.32. The number of carbonyl (C=O) groups excluding carboxylic acids is 3. The van der Waals surface area contributed by atoms with Gasteiger partial charge in [0.25, 0.3) is 17.7 Å². The average Bonchev–Trinajstić information content (AvgIpc) is 3.03. The molecule has 9 heteroatoms. The van der Waals surface area contributed by atoms with Gasteiger partial charge in [0, 0.05) is 16.3 Å². The van der Waals surface area contributed by atoms with Crippen LogP contribution in [0.25, 0.3) is 0 Å². The Labute approximate surface area is 205 Å². The van der Waals surface area contributed by atoms with E-state index >= 15 is 0 Å². The number of anilines is 3. The summed E-state index contributed by atoms with van der Waals surface area (Å²) in [4.78, 5) is 39.4. The number of benzene rings is 3. The SMILES string of the molecule is CCOc1ccccc1NC(=O)c1cccc(NC2=C(Cl)C(=O)N(c3cccc(Cl)c3)C2=O)c1. The molecule has 0 unspecified atom stereocenters. The molecule has 0 spiro atoms. The Morgan fingerprint density at radius 3 is 2.47 bits per heavy atom. The first-order valence-electron chi connectivity index (χ1n) is 10.3. The second-order valence-electron chi connectivity index (χ2n) is 7.20. The highest BCUT2D eigenvalue weighted by Gasteiger charge is 2.39. The Morgan fingerprint density at radius 2 is 1.71 bits per heavy atom. The maximum absolute atomic E-state index is 13.0. The van der Waals surface area contributed by atoms with Gasteiger partial charge in [-0.2, -0.15) is 0 Å². The number of para-hydroxylation sites is 2. The van der Waals surface area contributed by atoms with Crippen LogP contribution in [0.4, 0.5) is 17.1 Å². The Balaban J connectivity index is 1.54. The van der Waals surface area contributed by atoms with Crippen molar-refractivity contribution in [2.24, 2.45) is 0 Å². The van der Waals surface area contributed by atoms with E-state index in [0.717, 1.165) is 4.90 Å². The summed E-state index contributed by atoms with van der Waals surface area (Å²) in [6.07, 6.45) is 0. The van der Waals surface area contributed by atoms with E-state index in [1.54, 1.807) is 60.7 Å². The van der Waals surface area contributed by atoms with Crippen LogP contribution in [0.15, 0.2) is 83.5 Å². The first-order chi connectivity index (χ1) is 16.4. The third-order valence-electron chi connectivity index (χ3n) is 4.92. The molecule has 172 valence electrons. The van der Waals surface area contributed by atoms with Crippen molar-refractivity contribution in [3.05, 3.63) is 94.1 Å². The molecular formula is C25H19Cl2N3O4. The van der Waals surface area contributed by atoms with Gasteiger partial charge in [0.2, 0.25) is 0 Å². The van der Waals surface area contributed by atoms with Crippen molar-refractivity contribution >= 4 is 58.0 Å². The van der Waals surface area contributed by atoms with E-state index in [9.17, 15) is 14.4 Å². The minimum absolute atomic E-state index is 0.0918. The van der Waals surface area contributed by atoms with Crippen LogP contribution in [-0.2, 0) is 9.59 Å². The molecule has 0 saturated heterocycles. The first-order valence-corrected chi connectivity index (χ1v) is 11.1. The van der Waals surface area contributed by atoms with Crippen molar-refractivity contribution in [3.63, 3.8) is 0 Å². The lowest BCUT2D eigenvalue weighted by Gasteiger charge is -2.15. The molecule has 7 nitrogen and oxygen atoms in total. The number of nitrogens with one attached hydrogen (secondary N) is 2. The van der Waals surface area contributed by atoms with Crippen LogP contribution in [0.3, 0.4) is 0 Å². The van der Waals surface area contributed by atoms with Crippen LogP contribution >= 0.6 is 23.2 Å². The zero-order valence-corrected chi connectivity index (χ0v) is 19.5. The lowest BCUT2D eigenvalue weighted by molar-refractivity contribution is -0.120. The number of amides is 3. The van der Waals surface area contributed by atoms with Crippen molar-refractivity contribution < 1.29 is 19.1 Å². The number of imide groups is 1. The maximum Gasteiger partial charge on any atom is 0.283 e. The summed E-state index contributed by atoms with van der Waals surface area (Å²) in [5, 5.41) is 5.81. The highest BCUT2D eigenvalue weighted by molar-refractivity contribution is 6.53. The standard InChI is InChI=1S/C25H19Cl2N3O4/c1-2-34-20-12-4-3-11-19(20)29-23(31)15-7-5-9-17(13-15)28-22-21(27)24(32)30(25(22)33)18-10-6-8-16(26)14-18/h3-14,28H,2H2,1H3,(H,29,31). The fourth-order valence-electron chi connectivity index (χ4n) is 3.39. The molecule has 1 heterocycles. The third-order valence-corrected chi connectivity index (χ3v) is 5.51. The molecule has 0 aromatic heterocycles. The molecule has 2 N–H and O–H groups in total. The van der Waals surface area contributed by atoms with Gasteiger partial charge in [-0.1, -0.05) is 47.5 Å². The Kier molecular flexibility index (Phi) is 6.86. The normalized spacial score (nSPS) is 13.3. The van der Waals surface area contributed by atoms with Crippen molar-refractivity contribution in [3.8, 4) is 5.75 Å². The predicted octanol–water partition coefficient (Wildman–Crippen LogP) is 5.43. The summed E-state index contributed by atoms with van der Waals surface area (Å²) in [5.74, 6) is -1.11. The van der Waals surface area contributed by atoms with Gasteiger partial charge >= 0.3 is 0 Å². The molecule has 34 heavy (non-hydrogen) atoms.